The van der Waals surface area contributed by atoms with Crippen molar-refractivity contribution in [2.45, 2.75) is 37.8 Å². The van der Waals surface area contributed by atoms with Crippen LogP contribution in [0, 0.1) is 6.92 Å². The first-order chi connectivity index (χ1) is 16.5. The Kier molecular flexibility index (Phi) is 11.8. The molecular formula is C20H29F6N5O5. The van der Waals surface area contributed by atoms with Crippen molar-refractivity contribution in [3.8, 4) is 0 Å². The maximum atomic E-state index is 10.6. The molecule has 0 aromatic carbocycles. The van der Waals surface area contributed by atoms with Crippen LogP contribution < -0.4 is 4.90 Å². The predicted molar refractivity (Wildman–Crippen MR) is 115 cm³/mol. The molecule has 0 aliphatic carbocycles. The Morgan fingerprint density at radius 3 is 1.97 bits per heavy atom. The fourth-order valence-electron chi connectivity index (χ4n) is 3.25. The van der Waals surface area contributed by atoms with Gasteiger partial charge in [-0.3, -0.25) is 4.90 Å². The number of ether oxygens (including phenoxy) is 1. The fourth-order valence-corrected chi connectivity index (χ4v) is 3.25. The Morgan fingerprint density at radius 1 is 1.03 bits per heavy atom. The third kappa shape index (κ3) is 11.3. The summed E-state index contributed by atoms with van der Waals surface area (Å²) in [6.45, 7) is 8.00. The summed E-state index contributed by atoms with van der Waals surface area (Å²) in [5.41, 5.74) is 1.11. The molecule has 0 amide bonds. The molecule has 206 valence electrons. The van der Waals surface area contributed by atoms with Crippen LogP contribution in [0.25, 0.3) is 0 Å². The van der Waals surface area contributed by atoms with Crippen LogP contribution in [0.3, 0.4) is 0 Å². The first-order valence-corrected chi connectivity index (χ1v) is 10.6. The van der Waals surface area contributed by atoms with E-state index in [4.69, 9.17) is 24.5 Å². The van der Waals surface area contributed by atoms with Crippen molar-refractivity contribution in [3.05, 3.63) is 18.0 Å². The Balaban J connectivity index is 0.000000383. The van der Waals surface area contributed by atoms with E-state index < -0.39 is 24.3 Å². The molecule has 0 saturated carbocycles. The smallest absolute Gasteiger partial charge is 0.475 e. The molecule has 2 aliphatic rings. The van der Waals surface area contributed by atoms with Gasteiger partial charge in [0.2, 0.25) is 5.95 Å². The minimum atomic E-state index is -5.08. The normalized spacial score (nSPS) is 20.1. The molecule has 0 bridgehead atoms. The number of aliphatic carboxylic acids is 2. The van der Waals surface area contributed by atoms with Gasteiger partial charge >= 0.3 is 24.3 Å². The number of halogens is 6. The number of likely N-dealkylation sites (N-methyl/N-ethyl adjacent to an activating group) is 1. The van der Waals surface area contributed by atoms with Crippen molar-refractivity contribution in [2.75, 3.05) is 58.3 Å². The number of carboxylic acids is 2. The topological polar surface area (TPSA) is 119 Å². The van der Waals surface area contributed by atoms with E-state index in [1.165, 1.54) is 0 Å². The quantitative estimate of drug-likeness (QED) is 0.543. The minimum Gasteiger partial charge on any atom is -0.475 e. The summed E-state index contributed by atoms with van der Waals surface area (Å²) in [6.07, 6.45) is -4.87. The third-order valence-electron chi connectivity index (χ3n) is 5.00. The predicted octanol–water partition coefficient (Wildman–Crippen LogP) is 1.89. The van der Waals surface area contributed by atoms with E-state index in [2.05, 4.69) is 38.8 Å². The first-order valence-electron chi connectivity index (χ1n) is 10.6. The van der Waals surface area contributed by atoms with Gasteiger partial charge in [0.15, 0.2) is 0 Å². The number of aryl methyl sites for hydroxylation is 1. The van der Waals surface area contributed by atoms with Crippen LogP contribution in [0.2, 0.25) is 0 Å². The second kappa shape index (κ2) is 13.5. The Morgan fingerprint density at radius 2 is 1.53 bits per heavy atom. The maximum absolute atomic E-state index is 10.6. The van der Waals surface area contributed by atoms with E-state index in [0.29, 0.717) is 12.1 Å². The van der Waals surface area contributed by atoms with Crippen molar-refractivity contribution in [2.24, 2.45) is 0 Å². The second-order valence-electron chi connectivity index (χ2n) is 8.29. The van der Waals surface area contributed by atoms with Crippen molar-refractivity contribution in [1.29, 1.82) is 0 Å². The van der Waals surface area contributed by atoms with Crippen molar-refractivity contribution < 1.29 is 50.9 Å². The van der Waals surface area contributed by atoms with Gasteiger partial charge in [-0.25, -0.2) is 19.6 Å². The number of aromatic nitrogens is 2. The zero-order valence-electron chi connectivity index (χ0n) is 19.9. The van der Waals surface area contributed by atoms with Crippen molar-refractivity contribution in [1.82, 2.24) is 19.8 Å². The molecule has 2 saturated heterocycles. The molecule has 0 spiro atoms. The zero-order chi connectivity index (χ0) is 27.7. The van der Waals surface area contributed by atoms with Crippen LogP contribution in [-0.4, -0.2) is 120 Å². The van der Waals surface area contributed by atoms with E-state index in [9.17, 15) is 26.3 Å². The number of piperazine rings is 1. The zero-order valence-corrected chi connectivity index (χ0v) is 19.9. The molecule has 10 nitrogen and oxygen atoms in total. The third-order valence-corrected chi connectivity index (χ3v) is 5.00. The van der Waals surface area contributed by atoms with Gasteiger partial charge in [-0.2, -0.15) is 26.3 Å². The van der Waals surface area contributed by atoms with Crippen LogP contribution in [0.1, 0.15) is 12.0 Å². The van der Waals surface area contributed by atoms with Gasteiger partial charge in [0.1, 0.15) is 0 Å². The van der Waals surface area contributed by atoms with Crippen molar-refractivity contribution in [3.63, 3.8) is 0 Å². The number of hydrogen-bond donors (Lipinski definition) is 2. The molecule has 1 aromatic rings. The van der Waals surface area contributed by atoms with Crippen LogP contribution in [0.15, 0.2) is 12.4 Å². The van der Waals surface area contributed by atoms with Crippen LogP contribution >= 0.6 is 0 Å². The Hall–Kier alpha value is -2.72. The summed E-state index contributed by atoms with van der Waals surface area (Å²) in [7, 11) is 4.17. The molecule has 2 aliphatic heterocycles. The highest BCUT2D eigenvalue weighted by atomic mass is 19.4. The van der Waals surface area contributed by atoms with E-state index in [0.717, 1.165) is 57.3 Å². The summed E-state index contributed by atoms with van der Waals surface area (Å²) >= 11 is 0. The average Bonchev–Trinajstić information content (AvgIpc) is 3.15. The number of rotatable bonds is 5. The molecule has 0 unspecified atom stereocenters. The largest absolute Gasteiger partial charge is 0.490 e. The average molecular weight is 533 g/mol. The molecule has 36 heavy (non-hydrogen) atoms. The van der Waals surface area contributed by atoms with Gasteiger partial charge in [0, 0.05) is 51.2 Å². The number of fused-ring (bicyclic) bond motifs is 1. The molecular weight excluding hydrogens is 504 g/mol. The lowest BCUT2D eigenvalue weighted by molar-refractivity contribution is -0.193. The van der Waals surface area contributed by atoms with Gasteiger partial charge in [-0.1, -0.05) is 0 Å². The molecule has 0 radical (unpaired) electrons. The van der Waals surface area contributed by atoms with Gasteiger partial charge in [0.25, 0.3) is 0 Å². The van der Waals surface area contributed by atoms with E-state index in [1.54, 1.807) is 0 Å². The monoisotopic (exact) mass is 533 g/mol. The number of hydrogen-bond acceptors (Lipinski definition) is 8. The minimum absolute atomic E-state index is 0.379. The summed E-state index contributed by atoms with van der Waals surface area (Å²) in [5, 5.41) is 14.2. The first kappa shape index (κ1) is 31.3. The Labute approximate surface area is 203 Å². The van der Waals surface area contributed by atoms with Crippen molar-refractivity contribution >= 4 is 17.9 Å². The van der Waals surface area contributed by atoms with E-state index in [1.807, 2.05) is 19.3 Å². The highest BCUT2D eigenvalue weighted by molar-refractivity contribution is 5.73. The summed E-state index contributed by atoms with van der Waals surface area (Å²) < 4.78 is 69.5. The highest BCUT2D eigenvalue weighted by Crippen LogP contribution is 2.25. The lowest BCUT2D eigenvalue weighted by atomic mass is 10.1. The molecule has 16 heteroatoms. The van der Waals surface area contributed by atoms with E-state index in [-0.39, 0.29) is 0 Å². The number of carbonyl (C=O) groups is 2. The summed E-state index contributed by atoms with van der Waals surface area (Å²) in [5.74, 6) is -4.65. The van der Waals surface area contributed by atoms with Gasteiger partial charge in [0.05, 0.1) is 12.7 Å². The van der Waals surface area contributed by atoms with Crippen LogP contribution in [0.5, 0.6) is 0 Å². The molecule has 2 fully saturated rings. The summed E-state index contributed by atoms with van der Waals surface area (Å²) in [4.78, 5) is 33.8. The molecule has 3 rings (SSSR count). The van der Waals surface area contributed by atoms with Gasteiger partial charge < -0.3 is 24.7 Å². The number of nitrogens with zero attached hydrogens (tertiary/aromatic N) is 5. The number of carboxylic acid groups (broad SMARTS) is 2. The highest BCUT2D eigenvalue weighted by Gasteiger charge is 2.39. The molecule has 1 aromatic heterocycles. The van der Waals surface area contributed by atoms with Gasteiger partial charge in [-0.05, 0) is 33.0 Å². The standard InChI is InChI=1S/C16H27N5O.2C2HF3O2/c1-13-9-17-16(18-10-13)21-5-4-20-12-15(8-14(20)11-21)22-7-6-19(2)3;2*3-2(4,5)1(6)7/h9-10,14-15H,4-8,11-12H2,1-3H3;2*(H,6,7)/t14-,15+;;/m0../s1. The number of anilines is 1. The number of alkyl halides is 6. The summed E-state index contributed by atoms with van der Waals surface area (Å²) in [6, 6.07) is 0.572. The molecule has 2 N–H and O–H groups in total. The lowest BCUT2D eigenvalue weighted by Crippen LogP contribution is -2.50. The second-order valence-corrected chi connectivity index (χ2v) is 8.29. The van der Waals surface area contributed by atoms with E-state index >= 15 is 0 Å². The lowest BCUT2D eigenvalue weighted by Gasteiger charge is -2.37. The molecule has 2 atom stereocenters. The van der Waals surface area contributed by atoms with Crippen LogP contribution in [-0.2, 0) is 14.3 Å². The SMILES string of the molecule is Cc1cnc(N2CCN3C[C@H](OCCN(C)C)C[C@H]3C2)nc1.O=C(O)C(F)(F)F.O=C(O)C(F)(F)F. The fraction of sp³-hybridized carbons (Fsp3) is 0.700. The maximum Gasteiger partial charge on any atom is 0.490 e. The van der Waals surface area contributed by atoms with Crippen LogP contribution in [0.4, 0.5) is 32.3 Å². The Bertz CT molecular complexity index is 814. The molecule has 3 heterocycles. The van der Waals surface area contributed by atoms with Gasteiger partial charge in [-0.15, -0.1) is 0 Å².